The van der Waals surface area contributed by atoms with Gasteiger partial charge in [0.25, 0.3) is 5.56 Å². The molecule has 0 amide bonds. The SMILES string of the molecule is C[C@H]1C[C@H](Cc2ccn3ncc(-n4ccc(=O)[nH]c4=O)c3c2)CCN1CC1CCCC1. The number of nitrogens with one attached hydrogen (secondary N) is 1. The summed E-state index contributed by atoms with van der Waals surface area (Å²) in [5.41, 5.74) is 1.98. The Kier molecular flexibility index (Phi) is 5.52. The van der Waals surface area contributed by atoms with Gasteiger partial charge in [-0.25, -0.2) is 9.31 Å². The van der Waals surface area contributed by atoms with Gasteiger partial charge in [-0.15, -0.1) is 0 Å². The number of hydrogen-bond acceptors (Lipinski definition) is 4. The van der Waals surface area contributed by atoms with Crippen molar-refractivity contribution in [2.45, 2.75) is 57.9 Å². The molecule has 0 aromatic carbocycles. The predicted molar refractivity (Wildman–Crippen MR) is 121 cm³/mol. The molecule has 1 N–H and O–H groups in total. The lowest BCUT2D eigenvalue weighted by molar-refractivity contribution is 0.105. The molecule has 0 unspecified atom stereocenters. The number of aromatic nitrogens is 4. The van der Waals surface area contributed by atoms with Gasteiger partial charge < -0.3 is 4.90 Å². The van der Waals surface area contributed by atoms with Crippen LogP contribution < -0.4 is 11.2 Å². The second-order valence-electron chi connectivity index (χ2n) is 9.46. The molecule has 2 aliphatic rings. The molecule has 7 heteroatoms. The van der Waals surface area contributed by atoms with E-state index in [9.17, 15) is 9.59 Å². The van der Waals surface area contributed by atoms with E-state index in [4.69, 9.17) is 0 Å². The summed E-state index contributed by atoms with van der Waals surface area (Å²) in [5, 5.41) is 4.38. The van der Waals surface area contributed by atoms with E-state index in [1.807, 2.05) is 6.20 Å². The van der Waals surface area contributed by atoms with Crippen LogP contribution in [0.15, 0.2) is 46.4 Å². The van der Waals surface area contributed by atoms with E-state index in [0.717, 1.165) is 17.9 Å². The fourth-order valence-electron chi connectivity index (χ4n) is 5.56. The third-order valence-electron chi connectivity index (χ3n) is 7.26. The predicted octanol–water partition coefficient (Wildman–Crippen LogP) is 3.01. The molecular formula is C24H31N5O2. The van der Waals surface area contributed by atoms with Gasteiger partial charge in [-0.1, -0.05) is 12.8 Å². The summed E-state index contributed by atoms with van der Waals surface area (Å²) in [7, 11) is 0. The summed E-state index contributed by atoms with van der Waals surface area (Å²) in [6.45, 7) is 4.88. The Hall–Kier alpha value is -2.67. The first-order chi connectivity index (χ1) is 15.1. The number of likely N-dealkylation sites (tertiary alicyclic amines) is 1. The molecule has 1 aliphatic carbocycles. The average molecular weight is 422 g/mol. The normalized spacial score (nSPS) is 23.0. The van der Waals surface area contributed by atoms with Gasteiger partial charge in [-0.2, -0.15) is 5.10 Å². The van der Waals surface area contributed by atoms with Crippen LogP contribution in [0.4, 0.5) is 0 Å². The Morgan fingerprint density at radius 2 is 1.94 bits per heavy atom. The summed E-state index contributed by atoms with van der Waals surface area (Å²) < 4.78 is 3.22. The van der Waals surface area contributed by atoms with Crippen LogP contribution in [-0.2, 0) is 6.42 Å². The maximum absolute atomic E-state index is 12.2. The third kappa shape index (κ3) is 4.24. The van der Waals surface area contributed by atoms with Crippen LogP contribution in [0, 0.1) is 11.8 Å². The van der Waals surface area contributed by atoms with Gasteiger partial charge in [0.1, 0.15) is 0 Å². The third-order valence-corrected chi connectivity index (χ3v) is 7.26. The molecule has 1 saturated heterocycles. The van der Waals surface area contributed by atoms with Crippen LogP contribution in [0.1, 0.15) is 51.0 Å². The van der Waals surface area contributed by atoms with E-state index in [-0.39, 0.29) is 0 Å². The number of H-pyrrole nitrogens is 1. The van der Waals surface area contributed by atoms with Gasteiger partial charge in [-0.05, 0) is 75.1 Å². The van der Waals surface area contributed by atoms with E-state index in [1.54, 1.807) is 10.7 Å². The Balaban J connectivity index is 1.31. The van der Waals surface area contributed by atoms with Gasteiger partial charge in [-0.3, -0.25) is 14.3 Å². The van der Waals surface area contributed by atoms with Crippen molar-refractivity contribution in [3.05, 3.63) is 63.2 Å². The second-order valence-corrected chi connectivity index (χ2v) is 9.46. The van der Waals surface area contributed by atoms with Gasteiger partial charge in [0.15, 0.2) is 0 Å². The summed E-state index contributed by atoms with van der Waals surface area (Å²) in [6.07, 6.45) is 14.3. The highest BCUT2D eigenvalue weighted by Gasteiger charge is 2.28. The second kappa shape index (κ2) is 8.46. The molecule has 2 fully saturated rings. The maximum Gasteiger partial charge on any atom is 0.333 e. The quantitative estimate of drug-likeness (QED) is 0.687. The fraction of sp³-hybridized carbons (Fsp3) is 0.542. The summed E-state index contributed by atoms with van der Waals surface area (Å²) in [6, 6.07) is 6.27. The number of hydrogen-bond donors (Lipinski definition) is 1. The first-order valence-electron chi connectivity index (χ1n) is 11.6. The van der Waals surface area contributed by atoms with Gasteiger partial charge >= 0.3 is 5.69 Å². The molecule has 31 heavy (non-hydrogen) atoms. The highest BCUT2D eigenvalue weighted by atomic mass is 16.2. The molecule has 1 saturated carbocycles. The molecule has 0 radical (unpaired) electrons. The van der Waals surface area contributed by atoms with Crippen molar-refractivity contribution in [3.63, 3.8) is 0 Å². The molecule has 5 rings (SSSR count). The first kappa shape index (κ1) is 20.2. The van der Waals surface area contributed by atoms with Crippen LogP contribution in [0.2, 0.25) is 0 Å². The zero-order valence-corrected chi connectivity index (χ0v) is 18.2. The Labute approximate surface area is 181 Å². The number of aromatic amines is 1. The molecule has 2 atom stereocenters. The first-order valence-corrected chi connectivity index (χ1v) is 11.6. The summed E-state index contributed by atoms with van der Waals surface area (Å²) in [4.78, 5) is 28.7. The molecule has 164 valence electrons. The minimum Gasteiger partial charge on any atom is -0.300 e. The molecular weight excluding hydrogens is 390 g/mol. The molecule has 3 aromatic heterocycles. The van der Waals surface area contributed by atoms with Crippen molar-refractivity contribution in [2.24, 2.45) is 11.8 Å². The summed E-state index contributed by atoms with van der Waals surface area (Å²) in [5.74, 6) is 1.59. The highest BCUT2D eigenvalue weighted by Crippen LogP contribution is 2.31. The van der Waals surface area contributed by atoms with Crippen LogP contribution in [0.3, 0.4) is 0 Å². The van der Waals surface area contributed by atoms with E-state index in [2.05, 4.69) is 34.0 Å². The minimum absolute atomic E-state index is 0.396. The molecule has 3 aromatic rings. The Bertz CT molecular complexity index is 1170. The molecule has 1 aliphatic heterocycles. The van der Waals surface area contributed by atoms with Crippen LogP contribution in [0.5, 0.6) is 0 Å². The monoisotopic (exact) mass is 421 g/mol. The van der Waals surface area contributed by atoms with Crippen molar-refractivity contribution < 1.29 is 0 Å². The Morgan fingerprint density at radius 1 is 1.10 bits per heavy atom. The molecule has 7 nitrogen and oxygen atoms in total. The Morgan fingerprint density at radius 3 is 2.71 bits per heavy atom. The lowest BCUT2D eigenvalue weighted by atomic mass is 9.86. The number of nitrogens with zero attached hydrogens (tertiary/aromatic N) is 4. The average Bonchev–Trinajstić information content (AvgIpc) is 3.40. The zero-order chi connectivity index (χ0) is 21.4. The van der Waals surface area contributed by atoms with Crippen molar-refractivity contribution in [2.75, 3.05) is 13.1 Å². The van der Waals surface area contributed by atoms with E-state index >= 15 is 0 Å². The summed E-state index contributed by atoms with van der Waals surface area (Å²) >= 11 is 0. The van der Waals surface area contributed by atoms with E-state index in [1.165, 1.54) is 74.0 Å². The molecule has 0 bridgehead atoms. The highest BCUT2D eigenvalue weighted by molar-refractivity contribution is 5.64. The minimum atomic E-state index is -0.448. The zero-order valence-electron chi connectivity index (χ0n) is 18.2. The molecule has 4 heterocycles. The van der Waals surface area contributed by atoms with Gasteiger partial charge in [0, 0.05) is 31.0 Å². The van der Waals surface area contributed by atoms with Crippen molar-refractivity contribution in [3.8, 4) is 5.69 Å². The van der Waals surface area contributed by atoms with Crippen LogP contribution >= 0.6 is 0 Å². The maximum atomic E-state index is 12.2. The number of piperidine rings is 1. The number of fused-ring (bicyclic) bond motifs is 1. The van der Waals surface area contributed by atoms with Crippen LogP contribution in [-0.4, -0.2) is 43.2 Å². The van der Waals surface area contributed by atoms with Crippen molar-refractivity contribution >= 4 is 5.52 Å². The molecule has 0 spiro atoms. The largest absolute Gasteiger partial charge is 0.333 e. The fourth-order valence-corrected chi connectivity index (χ4v) is 5.56. The van der Waals surface area contributed by atoms with Gasteiger partial charge in [0.05, 0.1) is 17.4 Å². The number of pyridine rings is 1. The smallest absolute Gasteiger partial charge is 0.300 e. The lowest BCUT2D eigenvalue weighted by Gasteiger charge is -2.39. The van der Waals surface area contributed by atoms with E-state index < -0.39 is 11.2 Å². The van der Waals surface area contributed by atoms with E-state index in [0.29, 0.717) is 17.6 Å². The van der Waals surface area contributed by atoms with Crippen LogP contribution in [0.25, 0.3) is 11.2 Å². The number of rotatable bonds is 5. The standard InChI is InChI=1S/C24H31N5O2/c1-17-12-19(6-9-27(17)16-18-4-2-3-5-18)13-20-7-11-29-21(14-20)22(15-25-29)28-10-8-23(30)26-24(28)31/h7-8,10-11,14-15,17-19H,2-6,9,12-13,16H2,1H3,(H,26,30,31)/t17-,19+/m0/s1. The van der Waals surface area contributed by atoms with Crippen molar-refractivity contribution in [1.29, 1.82) is 0 Å². The van der Waals surface area contributed by atoms with Crippen molar-refractivity contribution in [1.82, 2.24) is 24.1 Å². The lowest BCUT2D eigenvalue weighted by Crippen LogP contribution is -2.43. The van der Waals surface area contributed by atoms with Gasteiger partial charge in [0.2, 0.25) is 0 Å². The topological polar surface area (TPSA) is 75.4 Å².